The summed E-state index contributed by atoms with van der Waals surface area (Å²) in [7, 11) is 0. The van der Waals surface area contributed by atoms with Gasteiger partial charge in [0.2, 0.25) is 0 Å². The van der Waals surface area contributed by atoms with Gasteiger partial charge in [-0.25, -0.2) is 4.98 Å². The molecular formula is C22H18ClN3O2. The number of carbonyl (C=O) groups excluding carboxylic acids is 2. The molecule has 5 nitrogen and oxygen atoms in total. The van der Waals surface area contributed by atoms with Crippen LogP contribution in [0.1, 0.15) is 38.8 Å². The normalized spacial score (nSPS) is 10.4. The Kier molecular flexibility index (Phi) is 5.96. The Morgan fingerprint density at radius 3 is 2.32 bits per heavy atom. The molecule has 3 aromatic rings. The number of rotatable bonds is 6. The zero-order valence-electron chi connectivity index (χ0n) is 15.2. The van der Waals surface area contributed by atoms with Crippen molar-refractivity contribution >= 4 is 34.8 Å². The van der Waals surface area contributed by atoms with E-state index in [-0.39, 0.29) is 18.1 Å². The quantitative estimate of drug-likeness (QED) is 0.467. The highest BCUT2D eigenvalue weighted by molar-refractivity contribution is 6.30. The Morgan fingerprint density at radius 1 is 1.00 bits per heavy atom. The molecule has 0 saturated heterocycles. The zero-order valence-corrected chi connectivity index (χ0v) is 16.0. The third-order valence-electron chi connectivity index (χ3n) is 4.22. The SMILES string of the molecule is CC(=N)c1ccc(C(=O)Cc2ccccc2C(=O)Nc2ccc(Cl)cn2)cc1. The van der Waals surface area contributed by atoms with Crippen LogP contribution >= 0.6 is 11.6 Å². The summed E-state index contributed by atoms with van der Waals surface area (Å²) in [4.78, 5) is 29.3. The fraction of sp³-hybridized carbons (Fsp3) is 0.0909. The Labute approximate surface area is 167 Å². The summed E-state index contributed by atoms with van der Waals surface area (Å²) in [6.07, 6.45) is 1.55. The third-order valence-corrected chi connectivity index (χ3v) is 4.45. The van der Waals surface area contributed by atoms with Crippen molar-refractivity contribution in [2.75, 3.05) is 5.32 Å². The van der Waals surface area contributed by atoms with E-state index in [9.17, 15) is 9.59 Å². The molecule has 0 radical (unpaired) electrons. The number of hydrogen-bond donors (Lipinski definition) is 2. The van der Waals surface area contributed by atoms with Crippen LogP contribution in [-0.2, 0) is 6.42 Å². The number of Topliss-reactive ketones (excluding diaryl/α,β-unsaturated/α-hetero) is 1. The summed E-state index contributed by atoms with van der Waals surface area (Å²) < 4.78 is 0. The van der Waals surface area contributed by atoms with Crippen molar-refractivity contribution in [2.45, 2.75) is 13.3 Å². The van der Waals surface area contributed by atoms with Gasteiger partial charge < -0.3 is 10.7 Å². The van der Waals surface area contributed by atoms with Crippen molar-refractivity contribution in [3.8, 4) is 0 Å². The lowest BCUT2D eigenvalue weighted by molar-refractivity contribution is 0.0992. The van der Waals surface area contributed by atoms with Gasteiger partial charge in [-0.2, -0.15) is 0 Å². The molecule has 1 amide bonds. The number of nitrogens with zero attached hydrogens (tertiary/aromatic N) is 1. The van der Waals surface area contributed by atoms with Gasteiger partial charge in [0.1, 0.15) is 5.82 Å². The number of benzene rings is 2. The van der Waals surface area contributed by atoms with E-state index in [1.54, 1.807) is 67.6 Å². The molecule has 3 rings (SSSR count). The number of hydrogen-bond acceptors (Lipinski definition) is 4. The van der Waals surface area contributed by atoms with Gasteiger partial charge in [0.25, 0.3) is 5.91 Å². The van der Waals surface area contributed by atoms with Gasteiger partial charge in [-0.05, 0) is 36.2 Å². The second kappa shape index (κ2) is 8.59. The first-order chi connectivity index (χ1) is 13.4. The van der Waals surface area contributed by atoms with Crippen LogP contribution in [-0.4, -0.2) is 22.4 Å². The molecule has 0 unspecified atom stereocenters. The minimum atomic E-state index is -0.340. The molecule has 0 aliphatic carbocycles. The number of ketones is 1. The van der Waals surface area contributed by atoms with Crippen molar-refractivity contribution in [3.05, 3.63) is 94.1 Å². The molecule has 28 heavy (non-hydrogen) atoms. The van der Waals surface area contributed by atoms with Crippen LogP contribution in [0.5, 0.6) is 0 Å². The summed E-state index contributed by atoms with van der Waals surface area (Å²) in [5.41, 5.74) is 2.80. The number of halogens is 1. The molecule has 0 spiro atoms. The fourth-order valence-corrected chi connectivity index (χ4v) is 2.82. The van der Waals surface area contributed by atoms with Crippen molar-refractivity contribution < 1.29 is 9.59 Å². The predicted octanol–water partition coefficient (Wildman–Crippen LogP) is 4.80. The van der Waals surface area contributed by atoms with Crippen LogP contribution in [0.15, 0.2) is 66.9 Å². The van der Waals surface area contributed by atoms with E-state index < -0.39 is 0 Å². The monoisotopic (exact) mass is 391 g/mol. The molecule has 6 heteroatoms. The van der Waals surface area contributed by atoms with E-state index in [2.05, 4.69) is 10.3 Å². The number of anilines is 1. The molecule has 2 N–H and O–H groups in total. The van der Waals surface area contributed by atoms with Crippen LogP contribution in [0.4, 0.5) is 5.82 Å². The molecule has 2 aromatic carbocycles. The number of nitrogens with one attached hydrogen (secondary N) is 2. The van der Waals surface area contributed by atoms with Gasteiger partial charge in [0.05, 0.1) is 5.02 Å². The largest absolute Gasteiger partial charge is 0.307 e. The third kappa shape index (κ3) is 4.69. The lowest BCUT2D eigenvalue weighted by atomic mass is 9.97. The maximum atomic E-state index is 12.7. The van der Waals surface area contributed by atoms with Gasteiger partial charge in [-0.1, -0.05) is 54.1 Å². The van der Waals surface area contributed by atoms with Gasteiger partial charge in [-0.15, -0.1) is 0 Å². The topological polar surface area (TPSA) is 82.9 Å². The lowest BCUT2D eigenvalue weighted by Crippen LogP contribution is -2.16. The molecule has 1 aromatic heterocycles. The summed E-state index contributed by atoms with van der Waals surface area (Å²) in [5.74, 6) is -0.0554. The van der Waals surface area contributed by atoms with Crippen molar-refractivity contribution in [2.24, 2.45) is 0 Å². The predicted molar refractivity (Wildman–Crippen MR) is 111 cm³/mol. The number of carbonyl (C=O) groups is 2. The van der Waals surface area contributed by atoms with Crippen LogP contribution in [0, 0.1) is 5.41 Å². The molecule has 1 heterocycles. The van der Waals surface area contributed by atoms with Crippen molar-refractivity contribution in [3.63, 3.8) is 0 Å². The first-order valence-corrected chi connectivity index (χ1v) is 9.01. The van der Waals surface area contributed by atoms with E-state index >= 15 is 0 Å². The van der Waals surface area contributed by atoms with Crippen LogP contribution in [0.25, 0.3) is 0 Å². The second-order valence-electron chi connectivity index (χ2n) is 6.28. The average Bonchev–Trinajstić information content (AvgIpc) is 2.70. The number of aromatic nitrogens is 1. The zero-order chi connectivity index (χ0) is 20.1. The molecular weight excluding hydrogens is 374 g/mol. The van der Waals surface area contributed by atoms with Gasteiger partial charge >= 0.3 is 0 Å². The minimum Gasteiger partial charge on any atom is -0.307 e. The molecule has 0 fully saturated rings. The van der Waals surface area contributed by atoms with Crippen LogP contribution in [0.3, 0.4) is 0 Å². The van der Waals surface area contributed by atoms with E-state index in [0.717, 1.165) is 5.56 Å². The van der Waals surface area contributed by atoms with Crippen molar-refractivity contribution in [1.29, 1.82) is 5.41 Å². The maximum absolute atomic E-state index is 12.7. The highest BCUT2D eigenvalue weighted by Crippen LogP contribution is 2.16. The highest BCUT2D eigenvalue weighted by Gasteiger charge is 2.15. The Balaban J connectivity index is 1.77. The van der Waals surface area contributed by atoms with E-state index in [0.29, 0.717) is 33.2 Å². The summed E-state index contributed by atoms with van der Waals surface area (Å²) >= 11 is 5.81. The summed E-state index contributed by atoms with van der Waals surface area (Å²) in [6, 6.07) is 17.1. The lowest BCUT2D eigenvalue weighted by Gasteiger charge is -2.10. The molecule has 140 valence electrons. The number of amides is 1. The van der Waals surface area contributed by atoms with Crippen LogP contribution in [0.2, 0.25) is 5.02 Å². The molecule has 0 saturated carbocycles. The van der Waals surface area contributed by atoms with Gasteiger partial charge in [0.15, 0.2) is 5.78 Å². The molecule has 0 bridgehead atoms. The van der Waals surface area contributed by atoms with E-state index in [4.69, 9.17) is 17.0 Å². The Bertz CT molecular complexity index is 1030. The Hall–Kier alpha value is -3.31. The van der Waals surface area contributed by atoms with Crippen molar-refractivity contribution in [1.82, 2.24) is 4.98 Å². The minimum absolute atomic E-state index is 0.0978. The highest BCUT2D eigenvalue weighted by atomic mass is 35.5. The molecule has 0 aliphatic heterocycles. The smallest absolute Gasteiger partial charge is 0.257 e. The first kappa shape index (κ1) is 19.5. The van der Waals surface area contributed by atoms with Gasteiger partial charge in [0, 0.05) is 29.5 Å². The summed E-state index contributed by atoms with van der Waals surface area (Å²) in [5, 5.41) is 10.8. The summed E-state index contributed by atoms with van der Waals surface area (Å²) in [6.45, 7) is 1.70. The standard InChI is InChI=1S/C22H18ClN3O2/c1-14(24)15-6-8-16(9-7-15)20(27)12-17-4-2-3-5-19(17)22(28)26-21-11-10-18(23)13-25-21/h2-11,13,24H,12H2,1H3,(H,25,26,28). The molecule has 0 atom stereocenters. The number of pyridine rings is 1. The van der Waals surface area contributed by atoms with E-state index in [1.165, 1.54) is 6.20 Å². The fourth-order valence-electron chi connectivity index (χ4n) is 2.71. The molecule has 0 aliphatic rings. The van der Waals surface area contributed by atoms with Gasteiger partial charge in [-0.3, -0.25) is 9.59 Å². The Morgan fingerprint density at radius 2 is 1.68 bits per heavy atom. The maximum Gasteiger partial charge on any atom is 0.257 e. The first-order valence-electron chi connectivity index (χ1n) is 8.63. The second-order valence-corrected chi connectivity index (χ2v) is 6.71. The van der Waals surface area contributed by atoms with E-state index in [1.807, 2.05) is 0 Å². The van der Waals surface area contributed by atoms with Crippen LogP contribution < -0.4 is 5.32 Å². The average molecular weight is 392 g/mol.